The first kappa shape index (κ1) is 7.81. The number of amides is 1. The molecule has 1 amide bonds. The third-order valence-electron chi connectivity index (χ3n) is 2.10. The first-order valence-corrected chi connectivity index (χ1v) is 4.04. The number of nitrogens with zero attached hydrogens (tertiary/aromatic N) is 1. The molecule has 2 rings (SSSR count). The van der Waals surface area contributed by atoms with Crippen molar-refractivity contribution in [1.29, 1.82) is 5.26 Å². The second kappa shape index (κ2) is 2.60. The molecule has 0 bridgehead atoms. The number of aryl methyl sites for hydroxylation is 1. The molecule has 3 heteroatoms. The van der Waals surface area contributed by atoms with E-state index in [-0.39, 0.29) is 5.91 Å². The Balaban J connectivity index is 2.64. The lowest BCUT2D eigenvalue weighted by atomic mass is 10.0. The number of hydrogen-bond donors (Lipinski definition) is 1. The third-order valence-corrected chi connectivity index (χ3v) is 2.10. The van der Waals surface area contributed by atoms with Gasteiger partial charge in [0.05, 0.1) is 17.7 Å². The van der Waals surface area contributed by atoms with Crippen molar-refractivity contribution in [3.05, 3.63) is 28.8 Å². The smallest absolute Gasteiger partial charge is 0.228 e. The monoisotopic (exact) mass is 172 g/mol. The highest BCUT2D eigenvalue weighted by Gasteiger charge is 2.20. The van der Waals surface area contributed by atoms with Crippen molar-refractivity contribution >= 4 is 11.6 Å². The molecular weight excluding hydrogens is 164 g/mol. The van der Waals surface area contributed by atoms with Gasteiger partial charge in [-0.25, -0.2) is 0 Å². The topological polar surface area (TPSA) is 52.9 Å². The third kappa shape index (κ3) is 1.17. The fourth-order valence-corrected chi connectivity index (χ4v) is 1.59. The Morgan fingerprint density at radius 3 is 3.00 bits per heavy atom. The first-order chi connectivity index (χ1) is 6.20. The van der Waals surface area contributed by atoms with Gasteiger partial charge in [-0.3, -0.25) is 4.79 Å². The van der Waals surface area contributed by atoms with Gasteiger partial charge in [-0.2, -0.15) is 5.26 Å². The van der Waals surface area contributed by atoms with Gasteiger partial charge in [-0.15, -0.1) is 0 Å². The van der Waals surface area contributed by atoms with Crippen LogP contribution in [0.2, 0.25) is 0 Å². The van der Waals surface area contributed by atoms with Crippen molar-refractivity contribution in [1.82, 2.24) is 0 Å². The van der Waals surface area contributed by atoms with Crippen LogP contribution in [0.25, 0.3) is 0 Å². The van der Waals surface area contributed by atoms with E-state index < -0.39 is 0 Å². The molecule has 0 unspecified atom stereocenters. The zero-order valence-corrected chi connectivity index (χ0v) is 7.22. The number of carbonyl (C=O) groups is 1. The van der Waals surface area contributed by atoms with E-state index in [0.717, 1.165) is 11.1 Å². The molecular formula is C10H8N2O. The molecule has 0 aliphatic carbocycles. The van der Waals surface area contributed by atoms with Gasteiger partial charge in [-0.1, -0.05) is 6.07 Å². The summed E-state index contributed by atoms with van der Waals surface area (Å²) in [5.74, 6) is -0.0305. The van der Waals surface area contributed by atoms with Gasteiger partial charge < -0.3 is 5.32 Å². The molecule has 1 aromatic rings. The Morgan fingerprint density at radius 2 is 2.31 bits per heavy atom. The highest BCUT2D eigenvalue weighted by atomic mass is 16.1. The molecule has 3 nitrogen and oxygen atoms in total. The van der Waals surface area contributed by atoms with E-state index in [9.17, 15) is 4.79 Å². The van der Waals surface area contributed by atoms with E-state index in [4.69, 9.17) is 5.26 Å². The molecule has 0 saturated heterocycles. The van der Waals surface area contributed by atoms with Crippen molar-refractivity contribution < 1.29 is 4.79 Å². The van der Waals surface area contributed by atoms with Crippen LogP contribution in [0.1, 0.15) is 16.7 Å². The number of nitriles is 1. The zero-order valence-electron chi connectivity index (χ0n) is 7.22. The Hall–Kier alpha value is -1.82. The predicted molar refractivity (Wildman–Crippen MR) is 48.2 cm³/mol. The number of fused-ring (bicyclic) bond motifs is 1. The lowest BCUT2D eigenvalue weighted by molar-refractivity contribution is -0.115. The molecule has 1 heterocycles. The molecule has 0 fully saturated rings. The lowest BCUT2D eigenvalue weighted by Crippen LogP contribution is -2.04. The SMILES string of the molecule is Cc1cc(C#N)c2c(c1)CC(=O)N2. The van der Waals surface area contributed by atoms with E-state index in [1.165, 1.54) is 0 Å². The highest BCUT2D eigenvalue weighted by molar-refractivity contribution is 6.00. The Morgan fingerprint density at radius 1 is 1.54 bits per heavy atom. The van der Waals surface area contributed by atoms with Crippen LogP contribution >= 0.6 is 0 Å². The van der Waals surface area contributed by atoms with Crippen LogP contribution in [0.3, 0.4) is 0 Å². The molecule has 0 spiro atoms. The second-order valence-corrected chi connectivity index (χ2v) is 3.18. The summed E-state index contributed by atoms with van der Waals surface area (Å²) in [4.78, 5) is 11.1. The molecule has 1 aromatic carbocycles. The number of hydrogen-bond acceptors (Lipinski definition) is 2. The summed E-state index contributed by atoms with van der Waals surface area (Å²) >= 11 is 0. The maximum atomic E-state index is 11.1. The van der Waals surface area contributed by atoms with Gasteiger partial charge in [0, 0.05) is 0 Å². The second-order valence-electron chi connectivity index (χ2n) is 3.18. The van der Waals surface area contributed by atoms with E-state index in [0.29, 0.717) is 17.7 Å². The summed E-state index contributed by atoms with van der Waals surface area (Å²) in [6.07, 6.45) is 0.395. The van der Waals surface area contributed by atoms with Gasteiger partial charge >= 0.3 is 0 Å². The number of benzene rings is 1. The van der Waals surface area contributed by atoms with Crippen LogP contribution in [0.15, 0.2) is 12.1 Å². The van der Waals surface area contributed by atoms with Crippen LogP contribution in [0.4, 0.5) is 5.69 Å². The largest absolute Gasteiger partial charge is 0.324 e. The van der Waals surface area contributed by atoms with Crippen LogP contribution in [0, 0.1) is 18.3 Å². The summed E-state index contributed by atoms with van der Waals surface area (Å²) in [7, 11) is 0. The Labute approximate surface area is 76.0 Å². The quantitative estimate of drug-likeness (QED) is 0.642. The molecule has 0 saturated carbocycles. The van der Waals surface area contributed by atoms with Gasteiger partial charge in [0.2, 0.25) is 5.91 Å². The molecule has 1 N–H and O–H groups in total. The van der Waals surface area contributed by atoms with E-state index >= 15 is 0 Å². The zero-order chi connectivity index (χ0) is 9.42. The van der Waals surface area contributed by atoms with Gasteiger partial charge in [0.25, 0.3) is 0 Å². The lowest BCUT2D eigenvalue weighted by Gasteiger charge is -2.02. The summed E-state index contributed by atoms with van der Waals surface area (Å²) in [6, 6.07) is 5.79. The summed E-state index contributed by atoms with van der Waals surface area (Å²) in [5, 5.41) is 11.5. The molecule has 1 aliphatic heterocycles. The number of rotatable bonds is 0. The summed E-state index contributed by atoms with van der Waals surface area (Å²) < 4.78 is 0. The predicted octanol–water partition coefficient (Wildman–Crippen LogP) is 1.36. The maximum absolute atomic E-state index is 11.1. The van der Waals surface area contributed by atoms with E-state index in [1.807, 2.05) is 13.0 Å². The minimum Gasteiger partial charge on any atom is -0.324 e. The van der Waals surface area contributed by atoms with Crippen LogP contribution in [0.5, 0.6) is 0 Å². The average Bonchev–Trinajstić information content (AvgIpc) is 2.43. The van der Waals surface area contributed by atoms with Gasteiger partial charge in [-0.05, 0) is 24.1 Å². The molecule has 1 aliphatic rings. The van der Waals surface area contributed by atoms with Crippen LogP contribution < -0.4 is 5.32 Å². The molecule has 13 heavy (non-hydrogen) atoms. The highest BCUT2D eigenvalue weighted by Crippen LogP contribution is 2.27. The van der Waals surface area contributed by atoms with Crippen molar-refractivity contribution in [2.75, 3.05) is 5.32 Å². The number of nitrogens with one attached hydrogen (secondary N) is 1. The fourth-order valence-electron chi connectivity index (χ4n) is 1.59. The van der Waals surface area contributed by atoms with Crippen molar-refractivity contribution in [3.8, 4) is 6.07 Å². The van der Waals surface area contributed by atoms with Gasteiger partial charge in [0.1, 0.15) is 6.07 Å². The average molecular weight is 172 g/mol. The number of carbonyl (C=O) groups excluding carboxylic acids is 1. The molecule has 0 aromatic heterocycles. The van der Waals surface area contributed by atoms with Crippen molar-refractivity contribution in [2.45, 2.75) is 13.3 Å². The van der Waals surface area contributed by atoms with Crippen molar-refractivity contribution in [2.24, 2.45) is 0 Å². The molecule has 0 radical (unpaired) electrons. The molecule has 64 valence electrons. The fraction of sp³-hybridized carbons (Fsp3) is 0.200. The standard InChI is InChI=1S/C10H8N2O/c1-6-2-7-4-9(13)12-10(7)8(3-6)5-11/h2-3H,4H2,1H3,(H,12,13). The summed E-state index contributed by atoms with van der Waals surface area (Å²) in [6.45, 7) is 1.92. The summed E-state index contributed by atoms with van der Waals surface area (Å²) in [5.41, 5.74) is 3.20. The normalized spacial score (nSPS) is 13.4. The van der Waals surface area contributed by atoms with E-state index in [1.54, 1.807) is 6.07 Å². The van der Waals surface area contributed by atoms with Crippen LogP contribution in [-0.2, 0) is 11.2 Å². The van der Waals surface area contributed by atoms with Crippen molar-refractivity contribution in [3.63, 3.8) is 0 Å². The van der Waals surface area contributed by atoms with Crippen LogP contribution in [-0.4, -0.2) is 5.91 Å². The Bertz CT molecular complexity index is 429. The van der Waals surface area contributed by atoms with Gasteiger partial charge in [0.15, 0.2) is 0 Å². The number of anilines is 1. The molecule has 0 atom stereocenters. The minimum atomic E-state index is -0.0305. The first-order valence-electron chi connectivity index (χ1n) is 4.04. The Kier molecular flexibility index (Phi) is 1.56. The maximum Gasteiger partial charge on any atom is 0.228 e. The van der Waals surface area contributed by atoms with E-state index in [2.05, 4.69) is 11.4 Å². The minimum absolute atomic E-state index is 0.0305.